The van der Waals surface area contributed by atoms with Gasteiger partial charge >= 0.3 is 5.97 Å². The summed E-state index contributed by atoms with van der Waals surface area (Å²) in [4.78, 5) is 39.5. The van der Waals surface area contributed by atoms with E-state index in [1.54, 1.807) is 13.0 Å². The molecule has 1 N–H and O–H groups in total. The van der Waals surface area contributed by atoms with Gasteiger partial charge < -0.3 is 14.8 Å². The predicted octanol–water partition coefficient (Wildman–Crippen LogP) is 3.55. The summed E-state index contributed by atoms with van der Waals surface area (Å²) in [6, 6.07) is 9.89. The summed E-state index contributed by atoms with van der Waals surface area (Å²) in [5.74, 6) is -1.55. The second-order valence-corrected chi connectivity index (χ2v) is 10.6. The number of nitrogens with one attached hydrogen (secondary N) is 1. The molecule has 5 rings (SSSR count). The highest BCUT2D eigenvalue weighted by Crippen LogP contribution is 2.63. The van der Waals surface area contributed by atoms with E-state index in [2.05, 4.69) is 31.3 Å². The first-order chi connectivity index (χ1) is 16.2. The third-order valence-electron chi connectivity index (χ3n) is 8.58. The van der Waals surface area contributed by atoms with Crippen LogP contribution in [0.4, 0.5) is 0 Å². The fraction of sp³-hybridized carbons (Fsp3) is 0.536. The summed E-state index contributed by atoms with van der Waals surface area (Å²) < 4.78 is 12.5. The fourth-order valence-corrected chi connectivity index (χ4v) is 6.50. The van der Waals surface area contributed by atoms with Crippen molar-refractivity contribution in [3.8, 4) is 0 Å². The van der Waals surface area contributed by atoms with E-state index in [1.807, 2.05) is 37.3 Å². The van der Waals surface area contributed by atoms with Crippen molar-refractivity contribution in [2.45, 2.75) is 70.3 Å². The molecule has 0 radical (unpaired) electrons. The quantitative estimate of drug-likeness (QED) is 0.412. The lowest BCUT2D eigenvalue weighted by atomic mass is 9.59. The summed E-state index contributed by atoms with van der Waals surface area (Å²) >= 11 is 0. The molecule has 34 heavy (non-hydrogen) atoms. The Morgan fingerprint density at radius 3 is 2.59 bits per heavy atom. The van der Waals surface area contributed by atoms with Gasteiger partial charge in [-0.25, -0.2) is 0 Å². The summed E-state index contributed by atoms with van der Waals surface area (Å²) in [7, 11) is 0. The van der Waals surface area contributed by atoms with Crippen LogP contribution in [0.5, 0.6) is 0 Å². The molecule has 0 unspecified atom stereocenters. The third-order valence-corrected chi connectivity index (χ3v) is 8.58. The summed E-state index contributed by atoms with van der Waals surface area (Å²) in [6.07, 6.45) is 6.53. The number of ketones is 1. The smallest absolute Gasteiger partial charge is 0.310 e. The van der Waals surface area contributed by atoms with Gasteiger partial charge in [-0.15, -0.1) is 0 Å². The van der Waals surface area contributed by atoms with Gasteiger partial charge in [0.1, 0.15) is 0 Å². The number of esters is 1. The second-order valence-electron chi connectivity index (χ2n) is 10.6. The van der Waals surface area contributed by atoms with Crippen molar-refractivity contribution >= 4 is 17.7 Å². The van der Waals surface area contributed by atoms with Gasteiger partial charge in [-0.3, -0.25) is 14.4 Å². The van der Waals surface area contributed by atoms with Crippen molar-refractivity contribution in [1.29, 1.82) is 0 Å². The van der Waals surface area contributed by atoms with Gasteiger partial charge in [0, 0.05) is 17.9 Å². The van der Waals surface area contributed by atoms with Crippen LogP contribution in [-0.2, 0) is 30.3 Å². The van der Waals surface area contributed by atoms with Crippen LogP contribution < -0.4 is 5.32 Å². The van der Waals surface area contributed by atoms with Crippen molar-refractivity contribution in [1.82, 2.24) is 5.32 Å². The van der Waals surface area contributed by atoms with Crippen LogP contribution in [0.2, 0.25) is 0 Å². The Bertz CT molecular complexity index is 1080. The first-order valence-electron chi connectivity index (χ1n) is 12.3. The summed E-state index contributed by atoms with van der Waals surface area (Å²) in [5.41, 5.74) is -0.0388. The summed E-state index contributed by atoms with van der Waals surface area (Å²) in [5, 5.41) is 3.21. The molecule has 1 aliphatic carbocycles. The van der Waals surface area contributed by atoms with Gasteiger partial charge in [0.2, 0.25) is 5.60 Å². The first kappa shape index (κ1) is 23.0. The summed E-state index contributed by atoms with van der Waals surface area (Å²) in [6.45, 7) is 7.83. The monoisotopic (exact) mass is 463 g/mol. The first-order valence-corrected chi connectivity index (χ1v) is 12.3. The van der Waals surface area contributed by atoms with Gasteiger partial charge in [0.15, 0.2) is 5.78 Å². The van der Waals surface area contributed by atoms with Gasteiger partial charge in [0.05, 0.1) is 24.0 Å². The Balaban J connectivity index is 1.58. The average molecular weight is 464 g/mol. The average Bonchev–Trinajstić information content (AvgIpc) is 3.43. The molecule has 1 aromatic carbocycles. The zero-order valence-electron chi connectivity index (χ0n) is 20.2. The highest BCUT2D eigenvalue weighted by atomic mass is 16.6. The normalized spacial score (nSPS) is 44.1. The van der Waals surface area contributed by atoms with Gasteiger partial charge in [-0.1, -0.05) is 62.4 Å². The number of allylic oxidation sites excluding steroid dienone is 2. The van der Waals surface area contributed by atoms with Crippen LogP contribution in [-0.4, -0.2) is 41.0 Å². The Hall–Kier alpha value is -2.73. The van der Waals surface area contributed by atoms with E-state index in [0.29, 0.717) is 18.4 Å². The number of carbonyl (C=O) groups excluding carboxylic acids is 3. The molecule has 2 saturated heterocycles. The van der Waals surface area contributed by atoms with Crippen molar-refractivity contribution in [3.05, 3.63) is 59.7 Å². The highest BCUT2D eigenvalue weighted by molar-refractivity contribution is 5.97. The Morgan fingerprint density at radius 2 is 1.85 bits per heavy atom. The zero-order valence-corrected chi connectivity index (χ0v) is 20.2. The molecule has 0 aromatic heterocycles. The number of carbonyl (C=O) groups is 3. The molecule has 1 aromatic rings. The van der Waals surface area contributed by atoms with E-state index in [4.69, 9.17) is 9.47 Å². The van der Waals surface area contributed by atoms with Gasteiger partial charge in [0.25, 0.3) is 5.91 Å². The molecule has 3 heterocycles. The maximum atomic E-state index is 13.8. The molecular weight excluding hydrogens is 430 g/mol. The molecule has 3 aliphatic heterocycles. The number of amides is 1. The number of Topliss-reactive ketones (excluding diaryl/α,β-unsaturated/α-hetero) is 1. The van der Waals surface area contributed by atoms with E-state index in [0.717, 1.165) is 5.56 Å². The van der Waals surface area contributed by atoms with Crippen LogP contribution >= 0.6 is 0 Å². The third kappa shape index (κ3) is 3.46. The minimum absolute atomic E-state index is 0.00768. The predicted molar refractivity (Wildman–Crippen MR) is 127 cm³/mol. The maximum Gasteiger partial charge on any atom is 0.310 e. The lowest BCUT2D eigenvalue weighted by molar-refractivity contribution is -0.181. The molecule has 1 spiro atoms. The maximum absolute atomic E-state index is 13.8. The molecule has 6 nitrogen and oxygen atoms in total. The molecule has 8 atom stereocenters. The molecule has 4 aliphatic rings. The molecule has 6 heteroatoms. The van der Waals surface area contributed by atoms with Gasteiger partial charge in [-0.2, -0.15) is 0 Å². The van der Waals surface area contributed by atoms with Gasteiger partial charge in [-0.05, 0) is 43.7 Å². The molecular formula is C28H33NO5. The second kappa shape index (κ2) is 8.19. The number of fused-ring (bicyclic) bond motifs is 2. The Kier molecular flexibility index (Phi) is 5.55. The van der Waals surface area contributed by atoms with E-state index < -0.39 is 17.5 Å². The molecule has 180 valence electrons. The SMILES string of the molecule is C/C1=C/CC(=O)O[C@]23C(=O)N[C@H](Cc4ccccc4)[C@@H]2[C@H](C)[C@]2(C)O[C@@H]2[C@@H]3/C=C/C[C@H](C)C1=O. The number of rotatable bonds is 2. The standard InChI is InChI=1S/C28H33NO5/c1-16-9-8-12-20-25-27(4,34-25)18(3)23-21(15-19-10-6-5-7-11-19)29-26(32)28(20,23)33-22(30)14-13-17(2)24(16)31/h5-8,10-13,16,18,20-21,23,25H,9,14-15H2,1-4H3,(H,29,32)/b12-8+,17-13-/t16-,18-,20-,21+,23-,25+,27-,28-/m0/s1. The molecule has 0 bridgehead atoms. The molecule has 3 fully saturated rings. The fourth-order valence-electron chi connectivity index (χ4n) is 6.50. The van der Waals surface area contributed by atoms with Crippen LogP contribution in [0.25, 0.3) is 0 Å². The van der Waals surface area contributed by atoms with E-state index in [1.165, 1.54) is 0 Å². The lowest BCUT2D eigenvalue weighted by Gasteiger charge is -2.46. The van der Waals surface area contributed by atoms with Crippen molar-refractivity contribution < 1.29 is 23.9 Å². The highest BCUT2D eigenvalue weighted by Gasteiger charge is 2.78. The number of ether oxygens (including phenoxy) is 2. The van der Waals surface area contributed by atoms with Crippen molar-refractivity contribution in [2.75, 3.05) is 0 Å². The Morgan fingerprint density at radius 1 is 1.12 bits per heavy atom. The molecule has 1 amide bonds. The van der Waals surface area contributed by atoms with Crippen LogP contribution in [0, 0.1) is 23.7 Å². The minimum Gasteiger partial charge on any atom is -0.448 e. The van der Waals surface area contributed by atoms with E-state index in [-0.39, 0.29) is 53.6 Å². The largest absolute Gasteiger partial charge is 0.448 e. The lowest BCUT2D eigenvalue weighted by Crippen LogP contribution is -2.61. The minimum atomic E-state index is -1.33. The topological polar surface area (TPSA) is 85.0 Å². The Labute approximate surface area is 200 Å². The number of hydrogen-bond donors (Lipinski definition) is 1. The van der Waals surface area contributed by atoms with E-state index >= 15 is 0 Å². The number of hydrogen-bond acceptors (Lipinski definition) is 5. The van der Waals surface area contributed by atoms with Crippen LogP contribution in [0.15, 0.2) is 54.1 Å². The number of epoxide rings is 1. The van der Waals surface area contributed by atoms with Crippen LogP contribution in [0.1, 0.15) is 46.1 Å². The number of benzene rings is 1. The van der Waals surface area contributed by atoms with Crippen molar-refractivity contribution in [3.63, 3.8) is 0 Å². The van der Waals surface area contributed by atoms with Crippen LogP contribution in [0.3, 0.4) is 0 Å². The van der Waals surface area contributed by atoms with Crippen molar-refractivity contribution in [2.24, 2.45) is 23.7 Å². The zero-order chi connectivity index (χ0) is 24.3. The van der Waals surface area contributed by atoms with E-state index in [9.17, 15) is 14.4 Å². The molecule has 1 saturated carbocycles.